The molecule has 0 aliphatic rings. The van der Waals surface area contributed by atoms with Gasteiger partial charge >= 0.3 is 0 Å². The standard InChI is InChI=1S/C49H59N/c1-31(2)43-40(32-19-16-15-17-20-32)23-24-42-45(43)44-39(33-25-34(46(3,4)5)27-35(26-33)47(6,7)8)21-18-22-41(44)50(42)38-29-36(48(9,10)11)28-37(30-38)49(12,13)14/h15-31H,1-14H3. The Morgan fingerprint density at radius 3 is 1.38 bits per heavy atom. The summed E-state index contributed by atoms with van der Waals surface area (Å²) in [6, 6.07) is 37.4. The van der Waals surface area contributed by atoms with Crippen LogP contribution in [-0.4, -0.2) is 4.57 Å². The molecule has 0 aliphatic carbocycles. The topological polar surface area (TPSA) is 4.93 Å². The lowest BCUT2D eigenvalue weighted by Crippen LogP contribution is -2.17. The summed E-state index contributed by atoms with van der Waals surface area (Å²) in [6.45, 7) is 32.7. The van der Waals surface area contributed by atoms with Crippen molar-refractivity contribution < 1.29 is 0 Å². The Kier molecular flexibility index (Phi) is 8.78. The molecular weight excluding hydrogens is 603 g/mol. The van der Waals surface area contributed by atoms with Gasteiger partial charge in [-0.15, -0.1) is 0 Å². The summed E-state index contributed by atoms with van der Waals surface area (Å²) >= 11 is 0. The van der Waals surface area contributed by atoms with Gasteiger partial charge in [0, 0.05) is 16.5 Å². The Labute approximate surface area is 302 Å². The maximum atomic E-state index is 2.57. The Morgan fingerprint density at radius 1 is 0.420 bits per heavy atom. The smallest absolute Gasteiger partial charge is 0.0547 e. The maximum absolute atomic E-state index is 2.57. The maximum Gasteiger partial charge on any atom is 0.0547 e. The zero-order chi connectivity index (χ0) is 36.6. The van der Waals surface area contributed by atoms with Crippen LogP contribution in [0, 0.1) is 0 Å². The average molecular weight is 662 g/mol. The van der Waals surface area contributed by atoms with Gasteiger partial charge in [-0.05, 0) is 102 Å². The molecule has 0 aliphatic heterocycles. The molecule has 0 amide bonds. The summed E-state index contributed by atoms with van der Waals surface area (Å²) < 4.78 is 2.57. The van der Waals surface area contributed by atoms with E-state index in [-0.39, 0.29) is 21.7 Å². The van der Waals surface area contributed by atoms with E-state index in [1.54, 1.807) is 0 Å². The number of benzene rings is 5. The third-order valence-corrected chi connectivity index (χ3v) is 10.5. The summed E-state index contributed by atoms with van der Waals surface area (Å²) in [7, 11) is 0. The number of fused-ring (bicyclic) bond motifs is 3. The van der Waals surface area contributed by atoms with Crippen LogP contribution in [0.3, 0.4) is 0 Å². The van der Waals surface area contributed by atoms with E-state index in [4.69, 9.17) is 0 Å². The second kappa shape index (κ2) is 12.3. The number of aromatic nitrogens is 1. The minimum absolute atomic E-state index is 0.0141. The van der Waals surface area contributed by atoms with E-state index in [1.807, 2.05) is 0 Å². The van der Waals surface area contributed by atoms with Gasteiger partial charge in [0.25, 0.3) is 0 Å². The Bertz CT molecular complexity index is 2130. The van der Waals surface area contributed by atoms with Crippen LogP contribution in [0.5, 0.6) is 0 Å². The van der Waals surface area contributed by atoms with Crippen LogP contribution in [0.2, 0.25) is 0 Å². The molecule has 0 bridgehead atoms. The quantitative estimate of drug-likeness (QED) is 0.177. The van der Waals surface area contributed by atoms with E-state index in [0.29, 0.717) is 5.92 Å². The van der Waals surface area contributed by atoms with Gasteiger partial charge in [0.2, 0.25) is 0 Å². The fraction of sp³-hybridized carbons (Fsp3) is 0.388. The van der Waals surface area contributed by atoms with Crippen molar-refractivity contribution in [1.29, 1.82) is 0 Å². The van der Waals surface area contributed by atoms with Crippen LogP contribution in [0.15, 0.2) is 97.1 Å². The van der Waals surface area contributed by atoms with Gasteiger partial charge < -0.3 is 4.57 Å². The highest BCUT2D eigenvalue weighted by Crippen LogP contribution is 2.46. The van der Waals surface area contributed by atoms with Gasteiger partial charge in [0.1, 0.15) is 0 Å². The van der Waals surface area contributed by atoms with E-state index >= 15 is 0 Å². The van der Waals surface area contributed by atoms with Gasteiger partial charge in [0.05, 0.1) is 11.0 Å². The SMILES string of the molecule is CC(C)c1c(-c2ccccc2)ccc2c1c1c(-c3cc(C(C)(C)C)cc(C(C)(C)C)c3)cccc1n2-c1cc(C(C)(C)C)cc(C(C)(C)C)c1. The molecule has 1 heteroatoms. The molecule has 260 valence electrons. The molecule has 0 atom stereocenters. The summed E-state index contributed by atoms with van der Waals surface area (Å²) in [5.74, 6) is 0.318. The molecule has 1 aromatic heterocycles. The van der Waals surface area contributed by atoms with Gasteiger partial charge in [-0.25, -0.2) is 0 Å². The van der Waals surface area contributed by atoms with E-state index < -0.39 is 0 Å². The summed E-state index contributed by atoms with van der Waals surface area (Å²) in [4.78, 5) is 0. The molecule has 50 heavy (non-hydrogen) atoms. The molecular formula is C49H59N. The molecule has 1 nitrogen and oxygen atoms in total. The zero-order valence-corrected chi connectivity index (χ0v) is 33.3. The molecule has 5 aromatic carbocycles. The third kappa shape index (κ3) is 6.57. The lowest BCUT2D eigenvalue weighted by molar-refractivity contribution is 0.567. The second-order valence-corrected chi connectivity index (χ2v) is 19.0. The van der Waals surface area contributed by atoms with E-state index in [2.05, 4.69) is 199 Å². The third-order valence-electron chi connectivity index (χ3n) is 10.5. The van der Waals surface area contributed by atoms with Crippen molar-refractivity contribution in [3.05, 3.63) is 125 Å². The molecule has 1 heterocycles. The minimum atomic E-state index is 0.0141. The molecule has 0 spiro atoms. The first-order valence-corrected chi connectivity index (χ1v) is 18.6. The van der Waals surface area contributed by atoms with E-state index in [1.165, 1.54) is 77.6 Å². The summed E-state index contributed by atoms with van der Waals surface area (Å²) in [5.41, 5.74) is 15.9. The first-order chi connectivity index (χ1) is 23.2. The fourth-order valence-electron chi connectivity index (χ4n) is 7.42. The zero-order valence-electron chi connectivity index (χ0n) is 33.3. The van der Waals surface area contributed by atoms with Crippen LogP contribution in [0.1, 0.15) is 131 Å². The first-order valence-electron chi connectivity index (χ1n) is 18.6. The Balaban J connectivity index is 1.84. The number of rotatable bonds is 4. The van der Waals surface area contributed by atoms with Crippen molar-refractivity contribution >= 4 is 21.8 Å². The molecule has 0 radical (unpaired) electrons. The van der Waals surface area contributed by atoms with Gasteiger partial charge in [-0.2, -0.15) is 0 Å². The van der Waals surface area contributed by atoms with Crippen LogP contribution >= 0.6 is 0 Å². The van der Waals surface area contributed by atoms with E-state index in [9.17, 15) is 0 Å². The minimum Gasteiger partial charge on any atom is -0.309 e. The first kappa shape index (κ1) is 35.7. The van der Waals surface area contributed by atoms with Crippen LogP contribution < -0.4 is 0 Å². The monoisotopic (exact) mass is 661 g/mol. The Hall–Kier alpha value is -4.10. The average Bonchev–Trinajstić information content (AvgIpc) is 3.37. The number of hydrogen-bond donors (Lipinski definition) is 0. The van der Waals surface area contributed by atoms with E-state index in [0.717, 1.165) is 0 Å². The highest BCUT2D eigenvalue weighted by atomic mass is 15.0. The fourth-order valence-corrected chi connectivity index (χ4v) is 7.42. The summed E-state index contributed by atoms with van der Waals surface area (Å²) in [5, 5.41) is 2.71. The van der Waals surface area contributed by atoms with Crippen molar-refractivity contribution in [3.8, 4) is 27.9 Å². The van der Waals surface area contributed by atoms with Crippen molar-refractivity contribution in [1.82, 2.24) is 4.57 Å². The van der Waals surface area contributed by atoms with Crippen LogP contribution in [0.25, 0.3) is 49.7 Å². The van der Waals surface area contributed by atoms with Crippen molar-refractivity contribution in [2.45, 2.75) is 125 Å². The van der Waals surface area contributed by atoms with Crippen molar-refractivity contribution in [2.75, 3.05) is 0 Å². The largest absolute Gasteiger partial charge is 0.309 e. The molecule has 0 saturated heterocycles. The second-order valence-electron chi connectivity index (χ2n) is 19.0. The molecule has 0 N–H and O–H groups in total. The number of hydrogen-bond acceptors (Lipinski definition) is 0. The molecule has 0 unspecified atom stereocenters. The van der Waals surface area contributed by atoms with Gasteiger partial charge in [-0.1, -0.05) is 170 Å². The lowest BCUT2D eigenvalue weighted by Gasteiger charge is -2.27. The van der Waals surface area contributed by atoms with Gasteiger partial charge in [0.15, 0.2) is 0 Å². The molecule has 0 fully saturated rings. The van der Waals surface area contributed by atoms with Crippen LogP contribution in [-0.2, 0) is 21.7 Å². The predicted octanol–water partition coefficient (Wildman–Crippen LogP) is 14.4. The lowest BCUT2D eigenvalue weighted by atomic mass is 9.78. The summed E-state index contributed by atoms with van der Waals surface area (Å²) in [6.07, 6.45) is 0. The van der Waals surface area contributed by atoms with Crippen molar-refractivity contribution in [3.63, 3.8) is 0 Å². The molecule has 6 rings (SSSR count). The molecule has 6 aromatic rings. The molecule has 0 saturated carbocycles. The normalized spacial score (nSPS) is 13.2. The highest BCUT2D eigenvalue weighted by molar-refractivity contribution is 6.18. The van der Waals surface area contributed by atoms with Crippen LogP contribution in [0.4, 0.5) is 0 Å². The predicted molar refractivity (Wildman–Crippen MR) is 221 cm³/mol. The Morgan fingerprint density at radius 2 is 0.900 bits per heavy atom. The van der Waals surface area contributed by atoms with Gasteiger partial charge in [-0.3, -0.25) is 0 Å². The highest BCUT2D eigenvalue weighted by Gasteiger charge is 2.27. The number of nitrogens with zero attached hydrogens (tertiary/aromatic N) is 1. The van der Waals surface area contributed by atoms with Crippen molar-refractivity contribution in [2.24, 2.45) is 0 Å².